The maximum absolute atomic E-state index is 5.87. The van der Waals surface area contributed by atoms with Crippen molar-refractivity contribution in [3.63, 3.8) is 0 Å². The van der Waals surface area contributed by atoms with E-state index in [1.807, 2.05) is 18.2 Å². The first-order valence-corrected chi connectivity index (χ1v) is 6.67. The van der Waals surface area contributed by atoms with E-state index in [2.05, 4.69) is 9.97 Å². The minimum atomic E-state index is 0.552. The van der Waals surface area contributed by atoms with Crippen LogP contribution < -0.4 is 24.9 Å². The van der Waals surface area contributed by atoms with Crippen LogP contribution in [0.1, 0.15) is 0 Å². The lowest BCUT2D eigenvalue weighted by atomic mass is 10.2. The van der Waals surface area contributed by atoms with Gasteiger partial charge in [0.25, 0.3) is 12.2 Å². The molecule has 0 bridgehead atoms. The fourth-order valence-electron chi connectivity index (χ4n) is 2.18. The summed E-state index contributed by atoms with van der Waals surface area (Å²) in [5.41, 5.74) is 7.14. The average molecular weight is 298 g/mol. The van der Waals surface area contributed by atoms with E-state index >= 15 is 0 Å². The van der Waals surface area contributed by atoms with Gasteiger partial charge in [-0.2, -0.15) is 0 Å². The maximum Gasteiger partial charge on any atom is 0.299 e. The molecule has 6 nitrogen and oxygen atoms in total. The Kier molecular flexibility index (Phi) is 3.65. The summed E-state index contributed by atoms with van der Waals surface area (Å²) < 4.78 is 16.5. The molecule has 0 saturated heterocycles. The van der Waals surface area contributed by atoms with Crippen LogP contribution in [0.2, 0.25) is 0 Å². The second-order valence-electron chi connectivity index (χ2n) is 4.63. The summed E-state index contributed by atoms with van der Waals surface area (Å²) in [5, 5.41) is 0.780. The van der Waals surface area contributed by atoms with Crippen LogP contribution in [0.15, 0.2) is 42.7 Å². The van der Waals surface area contributed by atoms with Gasteiger partial charge < -0.3 is 19.9 Å². The highest BCUT2D eigenvalue weighted by Crippen LogP contribution is 2.34. The van der Waals surface area contributed by atoms with Gasteiger partial charge in [-0.15, -0.1) is 0 Å². The highest BCUT2D eigenvalue weighted by Gasteiger charge is 2.16. The first-order valence-electron chi connectivity index (χ1n) is 6.67. The molecule has 22 heavy (non-hydrogen) atoms. The number of ether oxygens (including phenoxy) is 3. The van der Waals surface area contributed by atoms with E-state index in [-0.39, 0.29) is 0 Å². The van der Waals surface area contributed by atoms with E-state index in [0.717, 1.165) is 10.9 Å². The molecular weight excluding hydrogens is 282 g/mol. The molecule has 0 amide bonds. The number of H-pyrrole nitrogens is 1. The summed E-state index contributed by atoms with van der Waals surface area (Å²) in [7, 11) is 3.17. The zero-order valence-corrected chi connectivity index (χ0v) is 12.3. The summed E-state index contributed by atoms with van der Waals surface area (Å²) in [6.45, 7) is 0. The number of methoxy groups -OCH3 is 2. The van der Waals surface area contributed by atoms with Crippen molar-refractivity contribution in [3.8, 4) is 23.1 Å². The average Bonchev–Trinajstić information content (AvgIpc) is 2.54. The molecule has 1 aromatic heterocycles. The van der Waals surface area contributed by atoms with Gasteiger partial charge in [0.1, 0.15) is 11.1 Å². The van der Waals surface area contributed by atoms with Crippen LogP contribution in [0.4, 0.5) is 5.69 Å². The number of rotatable bonds is 4. The molecule has 0 radical (unpaired) electrons. The lowest BCUT2D eigenvalue weighted by molar-refractivity contribution is -0.393. The van der Waals surface area contributed by atoms with E-state index in [9.17, 15) is 0 Å². The van der Waals surface area contributed by atoms with E-state index in [0.29, 0.717) is 28.8 Å². The van der Waals surface area contributed by atoms with Gasteiger partial charge in [-0.05, 0) is 17.1 Å². The van der Waals surface area contributed by atoms with Crippen LogP contribution in [0.25, 0.3) is 10.9 Å². The molecule has 2 aromatic carbocycles. The number of aromatic nitrogens is 2. The van der Waals surface area contributed by atoms with Crippen molar-refractivity contribution in [3.05, 3.63) is 42.7 Å². The molecule has 6 heteroatoms. The molecular formula is C16H16N3O3+. The monoisotopic (exact) mass is 298 g/mol. The number of benzene rings is 2. The molecule has 0 atom stereocenters. The molecule has 0 fully saturated rings. The fourth-order valence-corrected chi connectivity index (χ4v) is 2.18. The summed E-state index contributed by atoms with van der Waals surface area (Å²) >= 11 is 0. The number of hydrogen-bond acceptors (Lipinski definition) is 5. The SMILES string of the molecule is COc1cc2nc[nH+]c(Oc3cccc(N)c3)c2cc1OC. The summed E-state index contributed by atoms with van der Waals surface area (Å²) in [4.78, 5) is 7.29. The Morgan fingerprint density at radius 2 is 1.82 bits per heavy atom. The first-order chi connectivity index (χ1) is 10.7. The standard InChI is InChI=1S/C16H15N3O3/c1-20-14-7-12-13(8-15(14)21-2)18-9-19-16(12)22-11-5-3-4-10(17)6-11/h3-9H,17H2,1-2H3/p+1. The number of fused-ring (bicyclic) bond motifs is 1. The van der Waals surface area contributed by atoms with Gasteiger partial charge in [-0.1, -0.05) is 6.07 Å². The van der Waals surface area contributed by atoms with Gasteiger partial charge >= 0.3 is 0 Å². The molecule has 0 aliphatic heterocycles. The van der Waals surface area contributed by atoms with Crippen LogP contribution in [0.5, 0.6) is 23.1 Å². The fraction of sp³-hybridized carbons (Fsp3) is 0.125. The molecule has 3 rings (SSSR count). The zero-order chi connectivity index (χ0) is 15.5. The van der Waals surface area contributed by atoms with Crippen molar-refractivity contribution in [2.24, 2.45) is 0 Å². The van der Waals surface area contributed by atoms with Crippen molar-refractivity contribution < 1.29 is 19.2 Å². The molecule has 0 aliphatic rings. The normalized spacial score (nSPS) is 10.5. The summed E-state index contributed by atoms with van der Waals surface area (Å²) in [5.74, 6) is 2.41. The van der Waals surface area contributed by atoms with Gasteiger partial charge in [-0.3, -0.25) is 0 Å². The second-order valence-corrected chi connectivity index (χ2v) is 4.63. The highest BCUT2D eigenvalue weighted by molar-refractivity contribution is 5.86. The molecule has 0 aliphatic carbocycles. The third kappa shape index (κ3) is 2.58. The lowest BCUT2D eigenvalue weighted by Crippen LogP contribution is -2.08. The van der Waals surface area contributed by atoms with E-state index in [4.69, 9.17) is 19.9 Å². The second kappa shape index (κ2) is 5.77. The number of anilines is 1. The smallest absolute Gasteiger partial charge is 0.299 e. The number of nitrogens with one attached hydrogen (secondary N) is 1. The van der Waals surface area contributed by atoms with Crippen molar-refractivity contribution in [2.75, 3.05) is 20.0 Å². The van der Waals surface area contributed by atoms with E-state index in [1.54, 1.807) is 38.7 Å². The molecule has 3 N–H and O–H groups in total. The Hall–Kier alpha value is -3.02. The maximum atomic E-state index is 5.87. The number of nitrogen functional groups attached to an aromatic ring is 1. The Morgan fingerprint density at radius 1 is 1.05 bits per heavy atom. The Morgan fingerprint density at radius 3 is 2.55 bits per heavy atom. The molecule has 112 valence electrons. The molecule has 0 saturated carbocycles. The van der Waals surface area contributed by atoms with Crippen LogP contribution in [0, 0.1) is 0 Å². The predicted molar refractivity (Wildman–Crippen MR) is 82.3 cm³/mol. The van der Waals surface area contributed by atoms with E-state index in [1.165, 1.54) is 0 Å². The largest absolute Gasteiger partial charge is 0.493 e. The van der Waals surface area contributed by atoms with Crippen LogP contribution in [-0.4, -0.2) is 19.2 Å². The Bertz CT molecular complexity index is 821. The van der Waals surface area contributed by atoms with Crippen molar-refractivity contribution >= 4 is 16.6 Å². The van der Waals surface area contributed by atoms with Crippen molar-refractivity contribution in [1.82, 2.24) is 4.98 Å². The molecule has 1 heterocycles. The van der Waals surface area contributed by atoms with Crippen molar-refractivity contribution in [2.45, 2.75) is 0 Å². The molecule has 0 unspecified atom stereocenters. The number of nitrogens with zero attached hydrogens (tertiary/aromatic N) is 1. The van der Waals surface area contributed by atoms with Gasteiger partial charge in [0, 0.05) is 23.9 Å². The predicted octanol–water partition coefficient (Wildman–Crippen LogP) is 2.44. The quantitative estimate of drug-likeness (QED) is 0.748. The van der Waals surface area contributed by atoms with Crippen LogP contribution in [-0.2, 0) is 0 Å². The molecule has 3 aromatic rings. The number of nitrogens with two attached hydrogens (primary N) is 1. The molecule has 0 spiro atoms. The van der Waals surface area contributed by atoms with Crippen LogP contribution in [0.3, 0.4) is 0 Å². The van der Waals surface area contributed by atoms with Gasteiger partial charge in [0.15, 0.2) is 17.0 Å². The first kappa shape index (κ1) is 13.9. The van der Waals surface area contributed by atoms with E-state index < -0.39 is 0 Å². The van der Waals surface area contributed by atoms with Gasteiger partial charge in [0.2, 0.25) is 0 Å². The summed E-state index contributed by atoms with van der Waals surface area (Å²) in [6, 6.07) is 10.8. The van der Waals surface area contributed by atoms with Crippen LogP contribution >= 0.6 is 0 Å². The number of hydrogen-bond donors (Lipinski definition) is 1. The van der Waals surface area contributed by atoms with Crippen molar-refractivity contribution in [1.29, 1.82) is 0 Å². The van der Waals surface area contributed by atoms with Gasteiger partial charge in [-0.25, -0.2) is 4.98 Å². The highest BCUT2D eigenvalue weighted by atomic mass is 16.5. The Labute approximate surface area is 127 Å². The zero-order valence-electron chi connectivity index (χ0n) is 12.3. The third-order valence-electron chi connectivity index (χ3n) is 3.22. The topological polar surface area (TPSA) is 80.7 Å². The minimum Gasteiger partial charge on any atom is -0.493 e. The third-order valence-corrected chi connectivity index (χ3v) is 3.22. The summed E-state index contributed by atoms with van der Waals surface area (Å²) in [6.07, 6.45) is 1.57. The lowest BCUT2D eigenvalue weighted by Gasteiger charge is -2.09. The van der Waals surface area contributed by atoms with Gasteiger partial charge in [0.05, 0.1) is 14.2 Å². The minimum absolute atomic E-state index is 0.552. The number of aromatic amines is 1. The Balaban J connectivity index is 2.09.